The predicted molar refractivity (Wildman–Crippen MR) is 113 cm³/mol. The molecule has 0 heterocycles. The first kappa shape index (κ1) is 18.5. The molecule has 1 saturated carbocycles. The minimum absolute atomic E-state index is 0.0980. The highest BCUT2D eigenvalue weighted by atomic mass is 16.5. The molecular weight excluding hydrogens is 344 g/mol. The van der Waals surface area contributed by atoms with Crippen molar-refractivity contribution in [3.63, 3.8) is 0 Å². The number of ether oxygens (including phenoxy) is 1. The van der Waals surface area contributed by atoms with E-state index in [0.717, 1.165) is 12.2 Å². The van der Waals surface area contributed by atoms with Crippen LogP contribution in [0.15, 0.2) is 66.7 Å². The van der Waals surface area contributed by atoms with Gasteiger partial charge < -0.3 is 10.1 Å². The van der Waals surface area contributed by atoms with Crippen LogP contribution in [0.3, 0.4) is 0 Å². The van der Waals surface area contributed by atoms with E-state index in [9.17, 15) is 0 Å². The summed E-state index contributed by atoms with van der Waals surface area (Å²) in [5.74, 6) is 1.35. The smallest absolute Gasteiger partial charge is 0.174 e. The third kappa shape index (κ3) is 4.03. The first-order valence-corrected chi connectivity index (χ1v) is 10.1. The zero-order valence-corrected chi connectivity index (χ0v) is 16.3. The zero-order chi connectivity index (χ0) is 19.3. The lowest BCUT2D eigenvalue weighted by molar-refractivity contribution is 0.368. The zero-order valence-electron chi connectivity index (χ0n) is 16.3. The molecule has 3 aromatic rings. The fourth-order valence-corrected chi connectivity index (χ4v) is 4.46. The summed E-state index contributed by atoms with van der Waals surface area (Å²) in [5, 5.41) is 15.1. The van der Waals surface area contributed by atoms with Crippen molar-refractivity contribution in [1.82, 2.24) is 5.32 Å². The number of nitrogens with one attached hydrogen (secondary N) is 1. The van der Waals surface area contributed by atoms with Crippen LogP contribution in [-0.4, -0.2) is 12.6 Å². The molecule has 1 fully saturated rings. The van der Waals surface area contributed by atoms with Crippen LogP contribution in [0.4, 0.5) is 0 Å². The second kappa shape index (κ2) is 8.46. The summed E-state index contributed by atoms with van der Waals surface area (Å²) >= 11 is 0. The summed E-state index contributed by atoms with van der Waals surface area (Å²) in [4.78, 5) is 0. The van der Waals surface area contributed by atoms with E-state index in [1.807, 2.05) is 18.2 Å². The Morgan fingerprint density at radius 1 is 1.04 bits per heavy atom. The normalized spacial score (nSPS) is 20.0. The van der Waals surface area contributed by atoms with E-state index in [1.165, 1.54) is 34.7 Å². The van der Waals surface area contributed by atoms with Crippen molar-refractivity contribution in [3.8, 4) is 11.8 Å². The van der Waals surface area contributed by atoms with Crippen molar-refractivity contribution >= 4 is 10.8 Å². The van der Waals surface area contributed by atoms with Gasteiger partial charge in [0.05, 0.1) is 0 Å². The summed E-state index contributed by atoms with van der Waals surface area (Å²) in [6.07, 6.45) is 3.57. The van der Waals surface area contributed by atoms with Crippen LogP contribution in [0, 0.1) is 11.3 Å². The SMILES string of the molecule is C[C@@H](N[C@H]1CC[C@@H](c2ccc(OCC#N)cc2)C1)c1cccc2ccccc12. The predicted octanol–water partition coefficient (Wildman–Crippen LogP) is 5.73. The minimum atomic E-state index is 0.0980. The minimum Gasteiger partial charge on any atom is -0.479 e. The Bertz CT molecular complexity index is 969. The molecule has 0 saturated heterocycles. The lowest BCUT2D eigenvalue weighted by atomic mass is 9.96. The molecule has 0 unspecified atom stereocenters. The van der Waals surface area contributed by atoms with Gasteiger partial charge in [0.2, 0.25) is 0 Å². The molecule has 0 spiro atoms. The van der Waals surface area contributed by atoms with E-state index in [2.05, 4.69) is 66.8 Å². The lowest BCUT2D eigenvalue weighted by Gasteiger charge is -2.21. The monoisotopic (exact) mass is 370 g/mol. The maximum Gasteiger partial charge on any atom is 0.174 e. The van der Waals surface area contributed by atoms with Crippen molar-refractivity contribution in [2.45, 2.75) is 44.2 Å². The molecule has 4 rings (SSSR count). The van der Waals surface area contributed by atoms with Gasteiger partial charge in [0, 0.05) is 12.1 Å². The summed E-state index contributed by atoms with van der Waals surface area (Å²) in [7, 11) is 0. The molecule has 0 amide bonds. The fourth-order valence-electron chi connectivity index (χ4n) is 4.46. The summed E-state index contributed by atoms with van der Waals surface area (Å²) in [5.41, 5.74) is 2.74. The molecule has 1 aliphatic rings. The largest absolute Gasteiger partial charge is 0.479 e. The average molecular weight is 370 g/mol. The number of benzene rings is 3. The molecule has 3 atom stereocenters. The molecular formula is C25H26N2O. The molecule has 3 aromatic carbocycles. The van der Waals surface area contributed by atoms with E-state index >= 15 is 0 Å². The Hall–Kier alpha value is -2.83. The van der Waals surface area contributed by atoms with Crippen LogP contribution in [0.25, 0.3) is 10.8 Å². The van der Waals surface area contributed by atoms with Crippen molar-refractivity contribution in [3.05, 3.63) is 77.9 Å². The number of nitriles is 1. The van der Waals surface area contributed by atoms with Gasteiger partial charge in [0.1, 0.15) is 11.8 Å². The van der Waals surface area contributed by atoms with Gasteiger partial charge in [-0.1, -0.05) is 54.6 Å². The molecule has 0 radical (unpaired) electrons. The Morgan fingerprint density at radius 2 is 1.82 bits per heavy atom. The third-order valence-corrected chi connectivity index (χ3v) is 5.86. The van der Waals surface area contributed by atoms with Crippen molar-refractivity contribution in [1.29, 1.82) is 5.26 Å². The number of hydrogen-bond acceptors (Lipinski definition) is 3. The Morgan fingerprint density at radius 3 is 2.64 bits per heavy atom. The van der Waals surface area contributed by atoms with E-state index in [0.29, 0.717) is 18.0 Å². The van der Waals surface area contributed by atoms with Crippen molar-refractivity contribution in [2.75, 3.05) is 6.61 Å². The fraction of sp³-hybridized carbons (Fsp3) is 0.320. The van der Waals surface area contributed by atoms with Crippen LogP contribution in [0.5, 0.6) is 5.75 Å². The molecule has 0 bridgehead atoms. The van der Waals surface area contributed by atoms with Gasteiger partial charge >= 0.3 is 0 Å². The Balaban J connectivity index is 1.40. The molecule has 1 aliphatic carbocycles. The topological polar surface area (TPSA) is 45.0 Å². The maximum atomic E-state index is 8.61. The number of hydrogen-bond donors (Lipinski definition) is 1. The first-order valence-electron chi connectivity index (χ1n) is 10.1. The lowest BCUT2D eigenvalue weighted by Crippen LogP contribution is -2.29. The third-order valence-electron chi connectivity index (χ3n) is 5.86. The molecule has 3 heteroatoms. The van der Waals surface area contributed by atoms with Gasteiger partial charge in [-0.3, -0.25) is 0 Å². The Labute approximate surface area is 167 Å². The van der Waals surface area contributed by atoms with Crippen molar-refractivity contribution < 1.29 is 4.74 Å². The summed E-state index contributed by atoms with van der Waals surface area (Å²) in [6.45, 7) is 2.37. The highest BCUT2D eigenvalue weighted by molar-refractivity contribution is 5.86. The van der Waals surface area contributed by atoms with Gasteiger partial charge in [-0.25, -0.2) is 0 Å². The highest BCUT2D eigenvalue weighted by Gasteiger charge is 2.27. The average Bonchev–Trinajstić information content (AvgIpc) is 3.20. The van der Waals surface area contributed by atoms with E-state index < -0.39 is 0 Å². The second-order valence-electron chi connectivity index (χ2n) is 7.68. The van der Waals surface area contributed by atoms with Gasteiger partial charge in [0.25, 0.3) is 0 Å². The van der Waals surface area contributed by atoms with E-state index in [1.54, 1.807) is 0 Å². The standard InChI is InChI=1S/C25H26N2O/c1-18(24-8-4-6-20-5-2-3-7-25(20)24)27-22-12-9-21(17-22)19-10-13-23(14-11-19)28-16-15-26/h2-8,10-11,13-14,18,21-22,27H,9,12,16-17H2,1H3/t18-,21-,22+/m1/s1. The van der Waals surface area contributed by atoms with Gasteiger partial charge in [0.15, 0.2) is 6.61 Å². The first-order chi connectivity index (χ1) is 13.7. The van der Waals surface area contributed by atoms with Crippen LogP contribution in [0.1, 0.15) is 49.3 Å². The molecule has 28 heavy (non-hydrogen) atoms. The molecule has 3 nitrogen and oxygen atoms in total. The second-order valence-corrected chi connectivity index (χ2v) is 7.68. The quantitative estimate of drug-likeness (QED) is 0.603. The van der Waals surface area contributed by atoms with Crippen molar-refractivity contribution in [2.24, 2.45) is 0 Å². The Kier molecular flexibility index (Phi) is 5.60. The number of rotatable bonds is 6. The van der Waals surface area contributed by atoms with Gasteiger partial charge in [-0.15, -0.1) is 0 Å². The van der Waals surface area contributed by atoms with Crippen LogP contribution in [-0.2, 0) is 0 Å². The molecule has 0 aromatic heterocycles. The van der Waals surface area contributed by atoms with Gasteiger partial charge in [-0.2, -0.15) is 5.26 Å². The molecule has 1 N–H and O–H groups in total. The molecule has 142 valence electrons. The number of nitrogens with zero attached hydrogens (tertiary/aromatic N) is 1. The van der Waals surface area contributed by atoms with Gasteiger partial charge in [-0.05, 0) is 66.1 Å². The highest BCUT2D eigenvalue weighted by Crippen LogP contribution is 2.36. The molecule has 0 aliphatic heterocycles. The number of fused-ring (bicyclic) bond motifs is 1. The van der Waals surface area contributed by atoms with Crippen LogP contribution >= 0.6 is 0 Å². The maximum absolute atomic E-state index is 8.61. The van der Waals surface area contributed by atoms with Crippen LogP contribution < -0.4 is 10.1 Å². The van der Waals surface area contributed by atoms with E-state index in [-0.39, 0.29) is 6.61 Å². The van der Waals surface area contributed by atoms with E-state index in [4.69, 9.17) is 10.00 Å². The summed E-state index contributed by atoms with van der Waals surface area (Å²) < 4.78 is 5.36. The van der Waals surface area contributed by atoms with Crippen LogP contribution in [0.2, 0.25) is 0 Å². The summed E-state index contributed by atoms with van der Waals surface area (Å²) in [6, 6.07) is 26.3.